The van der Waals surface area contributed by atoms with Gasteiger partial charge in [0, 0.05) is 18.2 Å². The number of amides is 3. The molecule has 0 atom stereocenters. The van der Waals surface area contributed by atoms with Crippen molar-refractivity contribution in [1.82, 2.24) is 25.0 Å². The van der Waals surface area contributed by atoms with E-state index in [4.69, 9.17) is 0 Å². The molecule has 8 heteroatoms. The minimum absolute atomic E-state index is 0.0967. The highest BCUT2D eigenvalue weighted by Gasteiger charge is 2.31. The van der Waals surface area contributed by atoms with E-state index in [0.717, 1.165) is 17.5 Å². The first-order valence-corrected chi connectivity index (χ1v) is 9.39. The van der Waals surface area contributed by atoms with Crippen LogP contribution < -0.4 is 5.32 Å². The predicted molar refractivity (Wildman–Crippen MR) is 93.4 cm³/mol. The number of carbonyl (C=O) groups is 2. The highest BCUT2D eigenvalue weighted by molar-refractivity contribution is 7.99. The van der Waals surface area contributed by atoms with Gasteiger partial charge in [0.25, 0.3) is 0 Å². The van der Waals surface area contributed by atoms with E-state index in [1.807, 2.05) is 18.2 Å². The van der Waals surface area contributed by atoms with Crippen LogP contribution in [0.3, 0.4) is 0 Å². The van der Waals surface area contributed by atoms with Crippen molar-refractivity contribution in [2.75, 3.05) is 18.8 Å². The number of hydrogen-bond donors (Lipinski definition) is 1. The first-order valence-electron chi connectivity index (χ1n) is 8.40. The molecule has 3 amide bonds. The molecule has 25 heavy (non-hydrogen) atoms. The molecule has 7 nitrogen and oxygen atoms in total. The molecule has 1 aliphatic carbocycles. The highest BCUT2D eigenvalue weighted by Crippen LogP contribution is 2.40. The molecule has 1 aromatic heterocycles. The van der Waals surface area contributed by atoms with Crippen LogP contribution in [0.25, 0.3) is 0 Å². The van der Waals surface area contributed by atoms with Crippen LogP contribution in [0.15, 0.2) is 35.5 Å². The summed E-state index contributed by atoms with van der Waals surface area (Å²) in [5.41, 5.74) is 1.21. The Bertz CT molecular complexity index is 772. The number of imide groups is 1. The van der Waals surface area contributed by atoms with Crippen LogP contribution in [-0.2, 0) is 11.3 Å². The van der Waals surface area contributed by atoms with Crippen LogP contribution in [0.1, 0.15) is 30.1 Å². The molecule has 1 saturated carbocycles. The van der Waals surface area contributed by atoms with Gasteiger partial charge in [0.1, 0.15) is 5.82 Å². The van der Waals surface area contributed by atoms with Crippen LogP contribution in [0, 0.1) is 0 Å². The van der Waals surface area contributed by atoms with Crippen molar-refractivity contribution in [3.05, 3.63) is 41.7 Å². The fraction of sp³-hybridized carbons (Fsp3) is 0.412. The maximum Gasteiger partial charge on any atom is 0.324 e. The summed E-state index contributed by atoms with van der Waals surface area (Å²) < 4.78 is 2.17. The van der Waals surface area contributed by atoms with E-state index in [1.54, 1.807) is 0 Å². The fourth-order valence-corrected chi connectivity index (χ4v) is 3.74. The summed E-state index contributed by atoms with van der Waals surface area (Å²) >= 11 is 1.54. The summed E-state index contributed by atoms with van der Waals surface area (Å²) in [5.74, 6) is 1.99. The third-order valence-electron chi connectivity index (χ3n) is 4.35. The zero-order valence-corrected chi connectivity index (χ0v) is 14.5. The normalized spacial score (nSPS) is 17.2. The Balaban J connectivity index is 1.45. The molecular weight excluding hydrogens is 338 g/mol. The quantitative estimate of drug-likeness (QED) is 0.604. The van der Waals surface area contributed by atoms with Crippen molar-refractivity contribution >= 4 is 23.7 Å². The third kappa shape index (κ3) is 3.53. The molecule has 1 aliphatic heterocycles. The molecule has 0 bridgehead atoms. The molecule has 1 N–H and O–H groups in total. The fourth-order valence-electron chi connectivity index (χ4n) is 2.87. The Labute approximate surface area is 149 Å². The van der Waals surface area contributed by atoms with Gasteiger partial charge in [-0.2, -0.15) is 0 Å². The van der Waals surface area contributed by atoms with Gasteiger partial charge in [0.2, 0.25) is 5.91 Å². The van der Waals surface area contributed by atoms with Crippen molar-refractivity contribution in [2.45, 2.75) is 30.5 Å². The van der Waals surface area contributed by atoms with E-state index < -0.39 is 0 Å². The molecule has 4 rings (SSSR count). The summed E-state index contributed by atoms with van der Waals surface area (Å²) in [4.78, 5) is 24.5. The zero-order chi connectivity index (χ0) is 17.2. The molecule has 2 heterocycles. The van der Waals surface area contributed by atoms with Gasteiger partial charge >= 0.3 is 6.03 Å². The van der Waals surface area contributed by atoms with Gasteiger partial charge in [0.15, 0.2) is 5.16 Å². The van der Waals surface area contributed by atoms with Gasteiger partial charge < -0.3 is 9.88 Å². The lowest BCUT2D eigenvalue weighted by molar-refractivity contribution is -0.124. The standard InChI is InChI=1S/C17H19N5O2S/c23-14-10-18-16(24)21(14)8-9-25-17-20-19-15(13-6-7-13)22(17)11-12-4-2-1-3-5-12/h1-5,13H,6-11H2,(H,18,24). The largest absolute Gasteiger partial charge is 0.329 e. The van der Waals surface area contributed by atoms with E-state index in [-0.39, 0.29) is 18.5 Å². The van der Waals surface area contributed by atoms with Gasteiger partial charge in [-0.25, -0.2) is 4.79 Å². The summed E-state index contributed by atoms with van der Waals surface area (Å²) in [7, 11) is 0. The Hall–Kier alpha value is -2.35. The molecule has 0 spiro atoms. The maximum absolute atomic E-state index is 11.6. The van der Waals surface area contributed by atoms with E-state index >= 15 is 0 Å². The molecule has 0 unspecified atom stereocenters. The van der Waals surface area contributed by atoms with Gasteiger partial charge in [-0.1, -0.05) is 42.1 Å². The summed E-state index contributed by atoms with van der Waals surface area (Å²) in [6.45, 7) is 1.22. The number of hydrogen-bond acceptors (Lipinski definition) is 5. The molecule has 0 radical (unpaired) electrons. The monoisotopic (exact) mass is 357 g/mol. The number of benzene rings is 1. The number of nitrogens with one attached hydrogen (secondary N) is 1. The summed E-state index contributed by atoms with van der Waals surface area (Å²) in [5, 5.41) is 12.1. The van der Waals surface area contributed by atoms with E-state index in [9.17, 15) is 9.59 Å². The predicted octanol–water partition coefficient (Wildman–Crippen LogP) is 1.85. The van der Waals surface area contributed by atoms with E-state index in [2.05, 4.69) is 32.2 Å². The van der Waals surface area contributed by atoms with E-state index in [0.29, 0.717) is 18.2 Å². The van der Waals surface area contributed by atoms with Crippen LogP contribution in [0.4, 0.5) is 4.79 Å². The molecular formula is C17H19N5O2S. The second-order valence-electron chi connectivity index (χ2n) is 6.24. The van der Waals surface area contributed by atoms with Crippen LogP contribution >= 0.6 is 11.8 Å². The average Bonchev–Trinajstić information content (AvgIpc) is 3.32. The van der Waals surface area contributed by atoms with Gasteiger partial charge in [-0.3, -0.25) is 9.69 Å². The lowest BCUT2D eigenvalue weighted by atomic mass is 10.2. The Morgan fingerprint density at radius 1 is 1.16 bits per heavy atom. The first-order chi connectivity index (χ1) is 12.2. The molecule has 1 saturated heterocycles. The number of aromatic nitrogens is 3. The van der Waals surface area contributed by atoms with Crippen molar-refractivity contribution in [2.24, 2.45) is 0 Å². The average molecular weight is 357 g/mol. The Morgan fingerprint density at radius 3 is 2.64 bits per heavy atom. The lowest BCUT2D eigenvalue weighted by Crippen LogP contribution is -2.32. The number of rotatable bonds is 7. The SMILES string of the molecule is O=C1CNC(=O)N1CCSc1nnc(C2CC2)n1Cc1ccccc1. The van der Waals surface area contributed by atoms with Crippen LogP contribution in [0.5, 0.6) is 0 Å². The first kappa shape index (κ1) is 16.1. The number of carbonyl (C=O) groups excluding carboxylic acids is 2. The molecule has 1 aromatic carbocycles. The van der Waals surface area contributed by atoms with E-state index in [1.165, 1.54) is 35.1 Å². The molecule has 2 aromatic rings. The topological polar surface area (TPSA) is 80.1 Å². The second kappa shape index (κ2) is 6.87. The van der Waals surface area contributed by atoms with Gasteiger partial charge in [-0.05, 0) is 18.4 Å². The minimum Gasteiger partial charge on any atom is -0.329 e. The molecule has 2 fully saturated rings. The van der Waals surface area contributed by atoms with Crippen molar-refractivity contribution in [3.63, 3.8) is 0 Å². The highest BCUT2D eigenvalue weighted by atomic mass is 32.2. The zero-order valence-electron chi connectivity index (χ0n) is 13.7. The van der Waals surface area contributed by atoms with Crippen molar-refractivity contribution in [3.8, 4) is 0 Å². The summed E-state index contributed by atoms with van der Waals surface area (Å²) in [6.07, 6.45) is 2.33. The Kier molecular flexibility index (Phi) is 4.44. The molecule has 2 aliphatic rings. The lowest BCUT2D eigenvalue weighted by Gasteiger charge is -2.13. The van der Waals surface area contributed by atoms with Crippen molar-refractivity contribution < 1.29 is 9.59 Å². The van der Waals surface area contributed by atoms with Crippen LogP contribution in [-0.4, -0.2) is 50.4 Å². The van der Waals surface area contributed by atoms with Crippen LogP contribution in [0.2, 0.25) is 0 Å². The maximum atomic E-state index is 11.6. The minimum atomic E-state index is -0.310. The number of nitrogens with zero attached hydrogens (tertiary/aromatic N) is 4. The smallest absolute Gasteiger partial charge is 0.324 e. The van der Waals surface area contributed by atoms with Gasteiger partial charge in [-0.15, -0.1) is 10.2 Å². The molecule has 130 valence electrons. The number of thioether (sulfide) groups is 1. The third-order valence-corrected chi connectivity index (χ3v) is 5.30. The summed E-state index contributed by atoms with van der Waals surface area (Å²) in [6, 6.07) is 9.94. The number of urea groups is 1. The van der Waals surface area contributed by atoms with Crippen molar-refractivity contribution in [1.29, 1.82) is 0 Å². The second-order valence-corrected chi connectivity index (χ2v) is 7.30. The Morgan fingerprint density at radius 2 is 1.96 bits per heavy atom. The van der Waals surface area contributed by atoms with Gasteiger partial charge in [0.05, 0.1) is 13.1 Å².